The summed E-state index contributed by atoms with van der Waals surface area (Å²) in [5.41, 5.74) is 1.20. The van der Waals surface area contributed by atoms with Crippen LogP contribution in [0.4, 0.5) is 0 Å². The van der Waals surface area contributed by atoms with Gasteiger partial charge in [-0.05, 0) is 30.4 Å². The Morgan fingerprint density at radius 1 is 1.35 bits per heavy atom. The molecule has 0 aliphatic heterocycles. The fraction of sp³-hybridized carbons (Fsp3) is 0.400. The minimum absolute atomic E-state index is 0.112. The first-order valence-corrected chi connectivity index (χ1v) is 6.95. The Morgan fingerprint density at radius 3 is 2.80 bits per heavy atom. The number of nitrogens with one attached hydrogen (secondary N) is 1. The van der Waals surface area contributed by atoms with Crippen LogP contribution in [0.25, 0.3) is 0 Å². The molecule has 0 saturated heterocycles. The van der Waals surface area contributed by atoms with E-state index in [1.807, 2.05) is 12.1 Å². The van der Waals surface area contributed by atoms with Crippen molar-refractivity contribution in [2.45, 2.75) is 38.0 Å². The van der Waals surface area contributed by atoms with E-state index in [4.69, 9.17) is 0 Å². The number of aromatic hydroxyl groups is 1. The smallest absolute Gasteiger partial charge is 0.258 e. The van der Waals surface area contributed by atoms with Gasteiger partial charge in [0.25, 0.3) is 5.56 Å². The molecule has 104 valence electrons. The molecule has 0 spiro atoms. The lowest BCUT2D eigenvalue weighted by Gasteiger charge is -2.11. The molecule has 2 heterocycles. The van der Waals surface area contributed by atoms with E-state index in [0.717, 1.165) is 31.2 Å². The molecule has 2 aromatic heterocycles. The van der Waals surface area contributed by atoms with Crippen molar-refractivity contribution >= 4 is 0 Å². The average molecular weight is 271 g/mol. The van der Waals surface area contributed by atoms with Gasteiger partial charge in [-0.15, -0.1) is 0 Å². The summed E-state index contributed by atoms with van der Waals surface area (Å²) in [7, 11) is 0. The molecular weight excluding hydrogens is 254 g/mol. The standard InChI is InChI=1S/C15H17N3O2/c19-14-13(11-5-1-2-6-11)15(20)18-12(17-14)8-10-4-3-7-16-9-10/h3-4,7,9,11H,1-2,5-6,8H2,(H2,17,18,19,20). The largest absolute Gasteiger partial charge is 0.493 e. The fourth-order valence-corrected chi connectivity index (χ4v) is 2.88. The van der Waals surface area contributed by atoms with E-state index in [2.05, 4.69) is 15.0 Å². The van der Waals surface area contributed by atoms with Gasteiger partial charge in [0.1, 0.15) is 5.82 Å². The van der Waals surface area contributed by atoms with E-state index in [1.54, 1.807) is 12.4 Å². The predicted octanol–water partition coefficient (Wildman–Crippen LogP) is 2.12. The van der Waals surface area contributed by atoms with Crippen molar-refractivity contribution in [2.75, 3.05) is 0 Å². The third-order valence-electron chi connectivity index (χ3n) is 3.84. The lowest BCUT2D eigenvalue weighted by molar-refractivity contribution is 0.432. The maximum Gasteiger partial charge on any atom is 0.258 e. The summed E-state index contributed by atoms with van der Waals surface area (Å²) in [4.78, 5) is 23.1. The summed E-state index contributed by atoms with van der Waals surface area (Å²) in [5.74, 6) is 0.514. The summed E-state index contributed by atoms with van der Waals surface area (Å²) in [6, 6.07) is 3.75. The van der Waals surface area contributed by atoms with Crippen LogP contribution in [0.1, 0.15) is 48.6 Å². The molecule has 0 atom stereocenters. The van der Waals surface area contributed by atoms with Crippen LogP contribution in [-0.2, 0) is 6.42 Å². The van der Waals surface area contributed by atoms with E-state index in [0.29, 0.717) is 17.8 Å². The first-order chi connectivity index (χ1) is 9.74. The highest BCUT2D eigenvalue weighted by Gasteiger charge is 2.24. The number of rotatable bonds is 3. The number of aromatic nitrogens is 3. The first-order valence-electron chi connectivity index (χ1n) is 6.95. The predicted molar refractivity (Wildman–Crippen MR) is 74.8 cm³/mol. The van der Waals surface area contributed by atoms with Crippen LogP contribution >= 0.6 is 0 Å². The maximum absolute atomic E-state index is 12.2. The molecule has 2 N–H and O–H groups in total. The number of nitrogens with zero attached hydrogens (tertiary/aromatic N) is 2. The molecule has 0 bridgehead atoms. The van der Waals surface area contributed by atoms with Crippen molar-refractivity contribution in [1.29, 1.82) is 0 Å². The van der Waals surface area contributed by atoms with Crippen LogP contribution in [-0.4, -0.2) is 20.1 Å². The van der Waals surface area contributed by atoms with Crippen molar-refractivity contribution in [2.24, 2.45) is 0 Å². The molecule has 1 fully saturated rings. The molecule has 1 aliphatic rings. The van der Waals surface area contributed by atoms with Crippen molar-refractivity contribution in [3.05, 3.63) is 51.8 Å². The third kappa shape index (κ3) is 2.57. The van der Waals surface area contributed by atoms with Crippen LogP contribution < -0.4 is 5.56 Å². The molecule has 20 heavy (non-hydrogen) atoms. The minimum Gasteiger partial charge on any atom is -0.493 e. The minimum atomic E-state index is -0.205. The summed E-state index contributed by atoms with van der Waals surface area (Å²) >= 11 is 0. The molecule has 5 nitrogen and oxygen atoms in total. The van der Waals surface area contributed by atoms with Crippen molar-refractivity contribution in [1.82, 2.24) is 15.0 Å². The van der Waals surface area contributed by atoms with Gasteiger partial charge in [0.05, 0.1) is 5.56 Å². The van der Waals surface area contributed by atoms with Gasteiger partial charge in [0, 0.05) is 18.8 Å². The van der Waals surface area contributed by atoms with E-state index in [1.165, 1.54) is 0 Å². The molecule has 2 aromatic rings. The molecule has 1 aliphatic carbocycles. The molecule has 0 radical (unpaired) electrons. The zero-order chi connectivity index (χ0) is 13.9. The Kier molecular flexibility index (Phi) is 3.50. The van der Waals surface area contributed by atoms with Crippen LogP contribution in [0.2, 0.25) is 0 Å². The molecule has 0 amide bonds. The SMILES string of the molecule is O=c1[nH]c(Cc2cccnc2)nc(O)c1C1CCCC1. The summed E-state index contributed by atoms with van der Waals surface area (Å²) < 4.78 is 0. The fourth-order valence-electron chi connectivity index (χ4n) is 2.88. The second kappa shape index (κ2) is 5.45. The zero-order valence-corrected chi connectivity index (χ0v) is 11.2. The zero-order valence-electron chi connectivity index (χ0n) is 11.2. The highest BCUT2D eigenvalue weighted by molar-refractivity contribution is 5.28. The van der Waals surface area contributed by atoms with Crippen LogP contribution in [0.15, 0.2) is 29.3 Å². The lowest BCUT2D eigenvalue weighted by atomic mass is 10.00. The topological polar surface area (TPSA) is 78.9 Å². The second-order valence-corrected chi connectivity index (χ2v) is 5.27. The monoisotopic (exact) mass is 271 g/mol. The van der Waals surface area contributed by atoms with Gasteiger partial charge in [-0.2, -0.15) is 4.98 Å². The number of pyridine rings is 1. The Hall–Kier alpha value is -2.17. The van der Waals surface area contributed by atoms with Crippen molar-refractivity contribution < 1.29 is 5.11 Å². The maximum atomic E-state index is 12.2. The molecule has 0 aromatic carbocycles. The van der Waals surface area contributed by atoms with Gasteiger partial charge >= 0.3 is 0 Å². The van der Waals surface area contributed by atoms with Crippen molar-refractivity contribution in [3.8, 4) is 5.88 Å². The summed E-state index contributed by atoms with van der Waals surface area (Å²) in [6.07, 6.45) is 8.02. The number of hydrogen-bond donors (Lipinski definition) is 2. The van der Waals surface area contributed by atoms with Gasteiger partial charge in [-0.3, -0.25) is 9.78 Å². The molecule has 3 rings (SSSR count). The third-order valence-corrected chi connectivity index (χ3v) is 3.84. The number of H-pyrrole nitrogens is 1. The van der Waals surface area contributed by atoms with E-state index >= 15 is 0 Å². The van der Waals surface area contributed by atoms with Crippen molar-refractivity contribution in [3.63, 3.8) is 0 Å². The van der Waals surface area contributed by atoms with Crippen LogP contribution in [0, 0.1) is 0 Å². The highest BCUT2D eigenvalue weighted by Crippen LogP contribution is 2.35. The molecule has 5 heteroatoms. The highest BCUT2D eigenvalue weighted by atomic mass is 16.3. The Morgan fingerprint density at radius 2 is 2.15 bits per heavy atom. The number of aromatic amines is 1. The van der Waals surface area contributed by atoms with Crippen LogP contribution in [0.5, 0.6) is 5.88 Å². The Bertz CT molecular complexity index is 646. The summed E-state index contributed by atoms with van der Waals surface area (Å²) in [5, 5.41) is 10.1. The summed E-state index contributed by atoms with van der Waals surface area (Å²) in [6.45, 7) is 0. The molecular formula is C15H17N3O2. The van der Waals surface area contributed by atoms with Gasteiger partial charge in [0.15, 0.2) is 0 Å². The Labute approximate surface area is 116 Å². The van der Waals surface area contributed by atoms with E-state index in [-0.39, 0.29) is 17.4 Å². The molecule has 0 unspecified atom stereocenters. The normalized spacial score (nSPS) is 15.6. The van der Waals surface area contributed by atoms with Gasteiger partial charge in [0.2, 0.25) is 5.88 Å². The van der Waals surface area contributed by atoms with E-state index < -0.39 is 0 Å². The van der Waals surface area contributed by atoms with E-state index in [9.17, 15) is 9.90 Å². The quantitative estimate of drug-likeness (QED) is 0.896. The van der Waals surface area contributed by atoms with Gasteiger partial charge < -0.3 is 10.1 Å². The molecule has 1 saturated carbocycles. The number of hydrogen-bond acceptors (Lipinski definition) is 4. The lowest BCUT2D eigenvalue weighted by Crippen LogP contribution is -2.19. The Balaban J connectivity index is 1.90. The second-order valence-electron chi connectivity index (χ2n) is 5.27. The van der Waals surface area contributed by atoms with Gasteiger partial charge in [-0.1, -0.05) is 18.9 Å². The van der Waals surface area contributed by atoms with Gasteiger partial charge in [-0.25, -0.2) is 0 Å². The average Bonchev–Trinajstić information content (AvgIpc) is 2.93. The first kappa shape index (κ1) is 12.8. The van der Waals surface area contributed by atoms with Crippen LogP contribution in [0.3, 0.4) is 0 Å².